The summed E-state index contributed by atoms with van der Waals surface area (Å²) in [6.07, 6.45) is 0.207. The number of carboxylic acid groups (broad SMARTS) is 1. The molecule has 0 aromatic heterocycles. The molecule has 2 amide bonds. The van der Waals surface area contributed by atoms with Crippen LogP contribution in [0, 0.1) is 0 Å². The molecule has 0 heterocycles. The Bertz CT molecular complexity index is 1570. The quantitative estimate of drug-likeness (QED) is 0.187. The van der Waals surface area contributed by atoms with Crippen LogP contribution in [0.15, 0.2) is 97.1 Å². The van der Waals surface area contributed by atoms with E-state index in [1.807, 2.05) is 42.5 Å². The first-order valence-corrected chi connectivity index (χ1v) is 14.2. The number of aliphatic carboxylic acids is 1. The molecule has 1 atom stereocenters. The molecule has 9 nitrogen and oxygen atoms in total. The Morgan fingerprint density at radius 1 is 0.773 bits per heavy atom. The molecule has 0 bridgehead atoms. The number of nitrogens with one attached hydrogen (secondary N) is 1. The molecule has 0 aliphatic carbocycles. The highest BCUT2D eigenvalue weighted by Crippen LogP contribution is 2.29. The van der Waals surface area contributed by atoms with Crippen molar-refractivity contribution in [2.75, 3.05) is 33.9 Å². The number of carbonyl (C=O) groups is 3. The van der Waals surface area contributed by atoms with Crippen molar-refractivity contribution in [3.8, 4) is 22.6 Å². The average molecular weight is 597 g/mol. The van der Waals surface area contributed by atoms with E-state index in [9.17, 15) is 24.6 Å². The fourth-order valence-corrected chi connectivity index (χ4v) is 4.97. The third-order valence-corrected chi connectivity index (χ3v) is 7.27. The number of hydrogen-bond acceptors (Lipinski definition) is 6. The number of rotatable bonds is 14. The summed E-state index contributed by atoms with van der Waals surface area (Å²) in [6, 6.07) is 27.9. The van der Waals surface area contributed by atoms with Crippen LogP contribution in [0.1, 0.15) is 44.3 Å². The Morgan fingerprint density at radius 2 is 1.34 bits per heavy atom. The molecule has 0 spiro atoms. The maximum atomic E-state index is 14.1. The van der Waals surface area contributed by atoms with E-state index in [-0.39, 0.29) is 32.0 Å². The van der Waals surface area contributed by atoms with Crippen molar-refractivity contribution in [3.05, 3.63) is 119 Å². The predicted octanol–water partition coefficient (Wildman–Crippen LogP) is 4.99. The molecule has 9 heteroatoms. The zero-order chi connectivity index (χ0) is 31.5. The van der Waals surface area contributed by atoms with Gasteiger partial charge >= 0.3 is 5.97 Å². The number of hydrogen-bond donors (Lipinski definition) is 3. The topological polar surface area (TPSA) is 125 Å². The molecule has 44 heavy (non-hydrogen) atoms. The molecule has 0 fully saturated rings. The number of carboxylic acids is 1. The molecule has 4 aromatic rings. The standard InChI is InChI=1S/C35H36N2O7/c1-43-26-20-24(21-27(22-26)44-2)16-18-37(19-17-33(39)40)35(42)31-15-9-7-13-29(31)28-12-6-8-14-30(28)34(41)36-32(23-38)25-10-4-3-5-11-25/h3-15,20-22,32,38H,16-19,23H2,1-2H3,(H,36,41)(H,39,40)/t32-/m1/s1. The molecular formula is C35H36N2O7. The Morgan fingerprint density at radius 3 is 1.93 bits per heavy atom. The fourth-order valence-electron chi connectivity index (χ4n) is 4.97. The minimum Gasteiger partial charge on any atom is -0.497 e. The van der Waals surface area contributed by atoms with Gasteiger partial charge in [-0.2, -0.15) is 0 Å². The van der Waals surface area contributed by atoms with E-state index in [0.29, 0.717) is 40.2 Å². The molecule has 0 radical (unpaired) electrons. The van der Waals surface area contributed by atoms with Crippen LogP contribution in [0.25, 0.3) is 11.1 Å². The molecule has 4 aromatic carbocycles. The first-order valence-electron chi connectivity index (χ1n) is 14.2. The van der Waals surface area contributed by atoms with Crippen molar-refractivity contribution in [1.29, 1.82) is 0 Å². The Kier molecular flexibility index (Phi) is 11.1. The summed E-state index contributed by atoms with van der Waals surface area (Å²) in [6.45, 7) is -0.0418. The van der Waals surface area contributed by atoms with Gasteiger partial charge in [-0.05, 0) is 52.9 Å². The number of aliphatic hydroxyl groups is 1. The van der Waals surface area contributed by atoms with Gasteiger partial charge < -0.3 is 29.9 Å². The van der Waals surface area contributed by atoms with Gasteiger partial charge in [-0.3, -0.25) is 14.4 Å². The summed E-state index contributed by atoms with van der Waals surface area (Å²) in [5, 5.41) is 22.3. The second-order valence-corrected chi connectivity index (χ2v) is 10.1. The number of benzene rings is 4. The third kappa shape index (κ3) is 8.02. The summed E-state index contributed by atoms with van der Waals surface area (Å²) in [5.41, 5.74) is 3.37. The van der Waals surface area contributed by atoms with Crippen LogP contribution >= 0.6 is 0 Å². The largest absolute Gasteiger partial charge is 0.497 e. The molecule has 4 rings (SSSR count). The fraction of sp³-hybridized carbons (Fsp3) is 0.229. The highest BCUT2D eigenvalue weighted by molar-refractivity contribution is 6.06. The van der Waals surface area contributed by atoms with Gasteiger partial charge in [0.15, 0.2) is 0 Å². The van der Waals surface area contributed by atoms with E-state index in [1.54, 1.807) is 68.8 Å². The first kappa shape index (κ1) is 31.8. The van der Waals surface area contributed by atoms with Crippen molar-refractivity contribution in [1.82, 2.24) is 10.2 Å². The van der Waals surface area contributed by atoms with Gasteiger partial charge in [0.25, 0.3) is 11.8 Å². The Hall–Kier alpha value is -5.15. The average Bonchev–Trinajstić information content (AvgIpc) is 3.06. The Labute approximate surface area is 256 Å². The van der Waals surface area contributed by atoms with E-state index >= 15 is 0 Å². The van der Waals surface area contributed by atoms with Crippen LogP contribution < -0.4 is 14.8 Å². The number of ether oxygens (including phenoxy) is 2. The highest BCUT2D eigenvalue weighted by atomic mass is 16.5. The number of nitrogens with zero attached hydrogens (tertiary/aromatic N) is 1. The molecule has 0 aliphatic heterocycles. The minimum absolute atomic E-state index is 0.000985. The first-order chi connectivity index (χ1) is 21.3. The van der Waals surface area contributed by atoms with Gasteiger partial charge in [-0.25, -0.2) is 0 Å². The lowest BCUT2D eigenvalue weighted by atomic mass is 9.94. The highest BCUT2D eigenvalue weighted by Gasteiger charge is 2.24. The lowest BCUT2D eigenvalue weighted by Gasteiger charge is -2.24. The van der Waals surface area contributed by atoms with Crippen molar-refractivity contribution in [2.24, 2.45) is 0 Å². The smallest absolute Gasteiger partial charge is 0.305 e. The normalized spacial score (nSPS) is 11.3. The molecule has 0 aliphatic rings. The third-order valence-electron chi connectivity index (χ3n) is 7.27. The lowest BCUT2D eigenvalue weighted by Crippen LogP contribution is -2.35. The molecule has 0 unspecified atom stereocenters. The molecule has 3 N–H and O–H groups in total. The van der Waals surface area contributed by atoms with Crippen molar-refractivity contribution in [3.63, 3.8) is 0 Å². The van der Waals surface area contributed by atoms with Gasteiger partial charge in [-0.15, -0.1) is 0 Å². The second-order valence-electron chi connectivity index (χ2n) is 10.1. The summed E-state index contributed by atoms with van der Waals surface area (Å²) in [7, 11) is 3.11. The number of amides is 2. The minimum atomic E-state index is -1.02. The molecule has 0 saturated heterocycles. The van der Waals surface area contributed by atoms with Crippen molar-refractivity contribution >= 4 is 17.8 Å². The van der Waals surface area contributed by atoms with E-state index in [2.05, 4.69) is 5.32 Å². The molecular weight excluding hydrogens is 560 g/mol. The number of aliphatic hydroxyl groups excluding tert-OH is 1. The monoisotopic (exact) mass is 596 g/mol. The van der Waals surface area contributed by atoms with Crippen LogP contribution in [0.3, 0.4) is 0 Å². The summed E-state index contributed by atoms with van der Waals surface area (Å²) < 4.78 is 10.7. The summed E-state index contributed by atoms with van der Waals surface area (Å²) in [4.78, 5) is 40.6. The van der Waals surface area contributed by atoms with Crippen molar-refractivity contribution in [2.45, 2.75) is 18.9 Å². The SMILES string of the molecule is COc1cc(CCN(CCC(=O)O)C(=O)c2ccccc2-c2ccccc2C(=O)N[C@H](CO)c2ccccc2)cc(OC)c1. The van der Waals surface area contributed by atoms with Gasteiger partial charge in [0.1, 0.15) is 11.5 Å². The van der Waals surface area contributed by atoms with Crippen LogP contribution in [0.4, 0.5) is 0 Å². The van der Waals surface area contributed by atoms with Crippen molar-refractivity contribution < 1.29 is 34.1 Å². The molecule has 0 saturated carbocycles. The van der Waals surface area contributed by atoms with Crippen LogP contribution in [-0.4, -0.2) is 66.8 Å². The van der Waals surface area contributed by atoms with E-state index in [4.69, 9.17) is 9.47 Å². The van der Waals surface area contributed by atoms with Gasteiger partial charge in [-0.1, -0.05) is 66.7 Å². The lowest BCUT2D eigenvalue weighted by molar-refractivity contribution is -0.137. The summed E-state index contributed by atoms with van der Waals surface area (Å²) >= 11 is 0. The maximum absolute atomic E-state index is 14.1. The van der Waals surface area contributed by atoms with E-state index in [0.717, 1.165) is 11.1 Å². The summed E-state index contributed by atoms with van der Waals surface area (Å²) in [5.74, 6) is -0.555. The second kappa shape index (κ2) is 15.4. The van der Waals surface area contributed by atoms with Gasteiger partial charge in [0.05, 0.1) is 33.3 Å². The van der Waals surface area contributed by atoms with E-state index < -0.39 is 17.9 Å². The van der Waals surface area contributed by atoms with E-state index in [1.165, 1.54) is 4.90 Å². The zero-order valence-electron chi connectivity index (χ0n) is 24.7. The van der Waals surface area contributed by atoms with Gasteiger partial charge in [0.2, 0.25) is 0 Å². The Balaban J connectivity index is 1.64. The van der Waals surface area contributed by atoms with Gasteiger partial charge in [0, 0.05) is 30.3 Å². The van der Waals surface area contributed by atoms with Crippen LogP contribution in [0.5, 0.6) is 11.5 Å². The number of carbonyl (C=O) groups excluding carboxylic acids is 2. The molecule has 228 valence electrons. The predicted molar refractivity (Wildman–Crippen MR) is 167 cm³/mol. The van der Waals surface area contributed by atoms with Crippen LogP contribution in [0.2, 0.25) is 0 Å². The van der Waals surface area contributed by atoms with Crippen LogP contribution in [-0.2, 0) is 11.2 Å². The zero-order valence-corrected chi connectivity index (χ0v) is 24.7. The number of methoxy groups -OCH3 is 2. The maximum Gasteiger partial charge on any atom is 0.305 e.